The van der Waals surface area contributed by atoms with Gasteiger partial charge < -0.3 is 0 Å². The van der Waals surface area contributed by atoms with Crippen molar-refractivity contribution in [1.29, 1.82) is 0 Å². The summed E-state index contributed by atoms with van der Waals surface area (Å²) in [5, 5.41) is 0.604. The van der Waals surface area contributed by atoms with Gasteiger partial charge in [0.2, 0.25) is 0 Å². The molecule has 0 spiro atoms. The number of rotatable bonds is 3. The summed E-state index contributed by atoms with van der Waals surface area (Å²) >= 11 is 11.8. The van der Waals surface area contributed by atoms with E-state index in [0.29, 0.717) is 16.7 Å². The van der Waals surface area contributed by atoms with Gasteiger partial charge in [0, 0.05) is 18.1 Å². The zero-order chi connectivity index (χ0) is 14.0. The fourth-order valence-electron chi connectivity index (χ4n) is 1.67. The van der Waals surface area contributed by atoms with Gasteiger partial charge >= 0.3 is 0 Å². The number of hydrogen-bond acceptors (Lipinski definition) is 1. The van der Waals surface area contributed by atoms with E-state index >= 15 is 0 Å². The van der Waals surface area contributed by atoms with Crippen molar-refractivity contribution < 1.29 is 13.6 Å². The highest BCUT2D eigenvalue weighted by molar-refractivity contribution is 6.42. The second-order valence-electron chi connectivity index (χ2n) is 3.97. The monoisotopic (exact) mass is 300 g/mol. The van der Waals surface area contributed by atoms with Gasteiger partial charge in [-0.25, -0.2) is 8.78 Å². The summed E-state index contributed by atoms with van der Waals surface area (Å²) in [6, 6.07) is 7.58. The smallest absolute Gasteiger partial charge is 0.167 e. The molecular formula is C14H8Cl2F2O. The average molecular weight is 301 g/mol. The molecule has 0 saturated heterocycles. The topological polar surface area (TPSA) is 17.1 Å². The summed E-state index contributed by atoms with van der Waals surface area (Å²) < 4.78 is 26.1. The minimum Gasteiger partial charge on any atom is -0.294 e. The molecule has 1 nitrogen and oxygen atoms in total. The second-order valence-corrected chi connectivity index (χ2v) is 4.76. The standard InChI is InChI=1S/C14H8Cl2F2O/c15-12-3-1-2-8(14(12)16)6-13(19)9-4-10(17)7-11(18)5-9/h1-5,7H,6H2. The van der Waals surface area contributed by atoms with E-state index in [1.54, 1.807) is 18.2 Å². The molecular weight excluding hydrogens is 293 g/mol. The van der Waals surface area contributed by atoms with Gasteiger partial charge in [-0.05, 0) is 23.8 Å². The molecule has 0 fully saturated rings. The van der Waals surface area contributed by atoms with Crippen molar-refractivity contribution >= 4 is 29.0 Å². The number of Topliss-reactive ketones (excluding diaryl/α,β-unsaturated/α-hetero) is 1. The third kappa shape index (κ3) is 3.31. The molecule has 98 valence electrons. The number of carbonyl (C=O) groups is 1. The van der Waals surface area contributed by atoms with Gasteiger partial charge in [-0.1, -0.05) is 35.3 Å². The minimum absolute atomic E-state index is 0.0338. The first kappa shape index (κ1) is 14.0. The van der Waals surface area contributed by atoms with Crippen molar-refractivity contribution in [3.05, 3.63) is 69.2 Å². The summed E-state index contributed by atoms with van der Waals surface area (Å²) in [6.45, 7) is 0. The highest BCUT2D eigenvalue weighted by atomic mass is 35.5. The van der Waals surface area contributed by atoms with Crippen molar-refractivity contribution in [2.75, 3.05) is 0 Å². The summed E-state index contributed by atoms with van der Waals surface area (Å²) in [7, 11) is 0. The van der Waals surface area contributed by atoms with E-state index < -0.39 is 17.4 Å². The van der Waals surface area contributed by atoms with Gasteiger partial charge in [-0.2, -0.15) is 0 Å². The number of benzene rings is 2. The van der Waals surface area contributed by atoms with Crippen LogP contribution in [0.1, 0.15) is 15.9 Å². The molecule has 0 aliphatic heterocycles. The van der Waals surface area contributed by atoms with Crippen molar-refractivity contribution in [1.82, 2.24) is 0 Å². The number of ketones is 1. The van der Waals surface area contributed by atoms with Crippen LogP contribution in [0.5, 0.6) is 0 Å². The third-order valence-corrected chi connectivity index (χ3v) is 3.43. The van der Waals surface area contributed by atoms with Crippen molar-refractivity contribution in [3.63, 3.8) is 0 Å². The summed E-state index contributed by atoms with van der Waals surface area (Å²) in [5.74, 6) is -2.01. The van der Waals surface area contributed by atoms with E-state index in [4.69, 9.17) is 23.2 Å². The molecule has 0 unspecified atom stereocenters. The van der Waals surface area contributed by atoms with E-state index in [9.17, 15) is 13.6 Å². The van der Waals surface area contributed by atoms with Crippen LogP contribution < -0.4 is 0 Å². The summed E-state index contributed by atoms with van der Waals surface area (Å²) in [5.41, 5.74) is 0.484. The third-order valence-electron chi connectivity index (χ3n) is 2.57. The van der Waals surface area contributed by atoms with Crippen LogP contribution in [0, 0.1) is 11.6 Å². The minimum atomic E-state index is -0.791. The molecule has 0 heterocycles. The van der Waals surface area contributed by atoms with Gasteiger partial charge in [-0.3, -0.25) is 4.79 Å². The van der Waals surface area contributed by atoms with Gasteiger partial charge in [0.25, 0.3) is 0 Å². The van der Waals surface area contributed by atoms with Crippen molar-refractivity contribution in [3.8, 4) is 0 Å². The molecule has 0 amide bonds. The summed E-state index contributed by atoms with van der Waals surface area (Å²) in [6.07, 6.45) is -0.0672. The number of carbonyl (C=O) groups excluding carboxylic acids is 1. The molecule has 0 saturated carbocycles. The largest absolute Gasteiger partial charge is 0.294 e. The molecule has 0 bridgehead atoms. The Bertz CT molecular complexity index is 621. The Balaban J connectivity index is 2.28. The van der Waals surface area contributed by atoms with Gasteiger partial charge in [-0.15, -0.1) is 0 Å². The SMILES string of the molecule is O=C(Cc1cccc(Cl)c1Cl)c1cc(F)cc(F)c1. The van der Waals surface area contributed by atoms with Gasteiger partial charge in [0.1, 0.15) is 11.6 Å². The first-order valence-corrected chi connectivity index (χ1v) is 6.15. The molecule has 0 aliphatic rings. The highest BCUT2D eigenvalue weighted by Gasteiger charge is 2.13. The molecule has 0 atom stereocenters. The van der Waals surface area contributed by atoms with Crippen LogP contribution in [-0.4, -0.2) is 5.78 Å². The van der Waals surface area contributed by atoms with Crippen LogP contribution in [0.15, 0.2) is 36.4 Å². The molecule has 2 aromatic rings. The Morgan fingerprint density at radius 2 is 1.68 bits per heavy atom. The predicted molar refractivity (Wildman–Crippen MR) is 70.9 cm³/mol. The highest BCUT2D eigenvalue weighted by Crippen LogP contribution is 2.26. The van der Waals surface area contributed by atoms with Crippen LogP contribution in [0.3, 0.4) is 0 Å². The molecule has 0 aliphatic carbocycles. The second kappa shape index (κ2) is 5.68. The lowest BCUT2D eigenvalue weighted by molar-refractivity contribution is 0.0992. The maximum atomic E-state index is 13.0. The Morgan fingerprint density at radius 3 is 2.32 bits per heavy atom. The first-order chi connectivity index (χ1) is 8.97. The molecule has 2 aromatic carbocycles. The zero-order valence-electron chi connectivity index (χ0n) is 9.59. The van der Waals surface area contributed by atoms with E-state index in [1.807, 2.05) is 0 Å². The lowest BCUT2D eigenvalue weighted by Crippen LogP contribution is -2.05. The molecule has 2 rings (SSSR count). The van der Waals surface area contributed by atoms with E-state index in [2.05, 4.69) is 0 Å². The van der Waals surface area contributed by atoms with E-state index in [1.165, 1.54) is 0 Å². The van der Waals surface area contributed by atoms with Crippen LogP contribution in [0.2, 0.25) is 10.0 Å². The van der Waals surface area contributed by atoms with Crippen LogP contribution in [-0.2, 0) is 6.42 Å². The summed E-state index contributed by atoms with van der Waals surface area (Å²) in [4.78, 5) is 11.9. The van der Waals surface area contributed by atoms with Crippen LogP contribution in [0.25, 0.3) is 0 Å². The number of hydrogen-bond donors (Lipinski definition) is 0. The maximum absolute atomic E-state index is 13.0. The average Bonchev–Trinajstić information content (AvgIpc) is 2.33. The molecule has 0 N–H and O–H groups in total. The fourth-order valence-corrected chi connectivity index (χ4v) is 2.06. The van der Waals surface area contributed by atoms with Crippen molar-refractivity contribution in [2.24, 2.45) is 0 Å². The predicted octanol–water partition coefficient (Wildman–Crippen LogP) is 4.70. The lowest BCUT2D eigenvalue weighted by Gasteiger charge is -2.05. The number of halogens is 4. The first-order valence-electron chi connectivity index (χ1n) is 5.39. The fraction of sp³-hybridized carbons (Fsp3) is 0.0714. The molecule has 0 radical (unpaired) electrons. The van der Waals surface area contributed by atoms with E-state index in [-0.39, 0.29) is 17.0 Å². The molecule has 5 heteroatoms. The normalized spacial score (nSPS) is 10.5. The van der Waals surface area contributed by atoms with Crippen LogP contribution >= 0.6 is 23.2 Å². The Morgan fingerprint density at radius 1 is 1.05 bits per heavy atom. The molecule has 19 heavy (non-hydrogen) atoms. The Kier molecular flexibility index (Phi) is 4.17. The van der Waals surface area contributed by atoms with Crippen LogP contribution in [0.4, 0.5) is 8.78 Å². The molecule has 0 aromatic heterocycles. The lowest BCUT2D eigenvalue weighted by atomic mass is 10.0. The van der Waals surface area contributed by atoms with Gasteiger partial charge in [0.05, 0.1) is 10.0 Å². The Hall–Kier alpha value is -1.45. The van der Waals surface area contributed by atoms with Gasteiger partial charge in [0.15, 0.2) is 5.78 Å². The quantitative estimate of drug-likeness (QED) is 0.751. The van der Waals surface area contributed by atoms with Crippen molar-refractivity contribution in [2.45, 2.75) is 6.42 Å². The van der Waals surface area contributed by atoms with E-state index in [0.717, 1.165) is 12.1 Å². The zero-order valence-corrected chi connectivity index (χ0v) is 11.1. The maximum Gasteiger partial charge on any atom is 0.167 e. The Labute approximate surface area is 118 Å².